The number of nitrogens with one attached hydrogen (secondary N) is 1. The highest BCUT2D eigenvalue weighted by molar-refractivity contribution is 7.99. The first-order valence-corrected chi connectivity index (χ1v) is 9.73. The van der Waals surface area contributed by atoms with E-state index in [0.29, 0.717) is 6.04 Å². The van der Waals surface area contributed by atoms with Crippen LogP contribution in [0.3, 0.4) is 0 Å². The average molecular weight is 304 g/mol. The molecule has 3 rings (SSSR count). The standard InChI is InChI=1S/C19H29NS/c1-3-12-20-19(15-10-8-14(2)9-11-15)17-13-21-18-7-5-4-6-16(17)18/h4-7,14-15,17,19-20H,3,8-13H2,1-2H3. The highest BCUT2D eigenvalue weighted by Crippen LogP contribution is 2.45. The zero-order chi connectivity index (χ0) is 14.7. The third-order valence-electron chi connectivity index (χ3n) is 5.37. The maximum absolute atomic E-state index is 3.92. The number of fused-ring (bicyclic) bond motifs is 1. The molecule has 1 aliphatic carbocycles. The van der Waals surface area contributed by atoms with E-state index in [1.54, 1.807) is 5.56 Å². The van der Waals surface area contributed by atoms with E-state index in [0.717, 1.165) is 17.8 Å². The highest BCUT2D eigenvalue weighted by atomic mass is 32.2. The fraction of sp³-hybridized carbons (Fsp3) is 0.684. The maximum atomic E-state index is 3.92. The molecule has 2 atom stereocenters. The van der Waals surface area contributed by atoms with Crippen molar-refractivity contribution >= 4 is 11.8 Å². The van der Waals surface area contributed by atoms with Crippen LogP contribution in [-0.2, 0) is 0 Å². The Balaban J connectivity index is 1.76. The van der Waals surface area contributed by atoms with E-state index in [1.807, 2.05) is 0 Å². The fourth-order valence-electron chi connectivity index (χ4n) is 4.08. The molecule has 1 aromatic carbocycles. The van der Waals surface area contributed by atoms with Crippen molar-refractivity contribution in [1.82, 2.24) is 5.32 Å². The normalized spacial score (nSPS) is 30.1. The summed E-state index contributed by atoms with van der Waals surface area (Å²) in [5, 5.41) is 3.92. The summed E-state index contributed by atoms with van der Waals surface area (Å²) in [5.74, 6) is 3.81. The van der Waals surface area contributed by atoms with E-state index in [4.69, 9.17) is 0 Å². The van der Waals surface area contributed by atoms with Gasteiger partial charge in [0.2, 0.25) is 0 Å². The van der Waals surface area contributed by atoms with Gasteiger partial charge < -0.3 is 5.32 Å². The smallest absolute Gasteiger partial charge is 0.0172 e. The fourth-order valence-corrected chi connectivity index (χ4v) is 5.39. The van der Waals surface area contributed by atoms with Crippen LogP contribution in [0.2, 0.25) is 0 Å². The van der Waals surface area contributed by atoms with Crippen LogP contribution in [0.25, 0.3) is 0 Å². The summed E-state index contributed by atoms with van der Waals surface area (Å²) in [6.45, 7) is 5.87. The molecular formula is C19H29NS. The van der Waals surface area contributed by atoms with Gasteiger partial charge in [0.05, 0.1) is 0 Å². The Morgan fingerprint density at radius 2 is 1.95 bits per heavy atom. The molecule has 116 valence electrons. The van der Waals surface area contributed by atoms with E-state index in [2.05, 4.69) is 55.2 Å². The van der Waals surface area contributed by atoms with E-state index in [9.17, 15) is 0 Å². The predicted octanol–water partition coefficient (Wildman–Crippen LogP) is 5.07. The second-order valence-electron chi connectivity index (χ2n) is 6.96. The molecule has 21 heavy (non-hydrogen) atoms. The summed E-state index contributed by atoms with van der Waals surface area (Å²) in [5.41, 5.74) is 1.61. The van der Waals surface area contributed by atoms with Crippen molar-refractivity contribution in [1.29, 1.82) is 0 Å². The van der Waals surface area contributed by atoms with Gasteiger partial charge in [-0.05, 0) is 49.3 Å². The molecule has 1 heterocycles. The first-order valence-electron chi connectivity index (χ1n) is 8.74. The van der Waals surface area contributed by atoms with Crippen molar-refractivity contribution in [2.45, 2.75) is 62.8 Å². The minimum absolute atomic E-state index is 0.689. The highest BCUT2D eigenvalue weighted by Gasteiger charge is 2.35. The van der Waals surface area contributed by atoms with Crippen molar-refractivity contribution in [3.63, 3.8) is 0 Å². The van der Waals surface area contributed by atoms with Crippen LogP contribution in [0.15, 0.2) is 29.2 Å². The van der Waals surface area contributed by atoms with Gasteiger partial charge in [-0.1, -0.05) is 44.9 Å². The van der Waals surface area contributed by atoms with Gasteiger partial charge in [0.1, 0.15) is 0 Å². The van der Waals surface area contributed by atoms with Gasteiger partial charge in [0.25, 0.3) is 0 Å². The Bertz CT molecular complexity index is 451. The number of rotatable bonds is 5. The van der Waals surface area contributed by atoms with Crippen LogP contribution in [-0.4, -0.2) is 18.3 Å². The molecule has 1 nitrogen and oxygen atoms in total. The molecule has 1 aromatic rings. The van der Waals surface area contributed by atoms with Crippen LogP contribution in [0.1, 0.15) is 57.4 Å². The molecule has 1 fully saturated rings. The lowest BCUT2D eigenvalue weighted by atomic mass is 9.74. The van der Waals surface area contributed by atoms with E-state index >= 15 is 0 Å². The minimum Gasteiger partial charge on any atom is -0.313 e. The Labute approximate surface area is 134 Å². The molecular weight excluding hydrogens is 274 g/mol. The zero-order valence-electron chi connectivity index (χ0n) is 13.5. The summed E-state index contributed by atoms with van der Waals surface area (Å²) in [4.78, 5) is 1.52. The maximum Gasteiger partial charge on any atom is 0.0172 e. The summed E-state index contributed by atoms with van der Waals surface area (Å²) < 4.78 is 0. The molecule has 0 saturated heterocycles. The molecule has 1 saturated carbocycles. The lowest BCUT2D eigenvalue weighted by molar-refractivity contribution is 0.214. The van der Waals surface area contributed by atoms with Gasteiger partial charge in [-0.25, -0.2) is 0 Å². The Morgan fingerprint density at radius 1 is 1.19 bits per heavy atom. The molecule has 2 heteroatoms. The van der Waals surface area contributed by atoms with Crippen LogP contribution in [0.4, 0.5) is 0 Å². The van der Waals surface area contributed by atoms with E-state index in [-0.39, 0.29) is 0 Å². The number of hydrogen-bond donors (Lipinski definition) is 1. The molecule has 2 aliphatic rings. The predicted molar refractivity (Wildman–Crippen MR) is 93.1 cm³/mol. The summed E-state index contributed by atoms with van der Waals surface area (Å²) in [6.07, 6.45) is 6.94. The molecule has 2 unspecified atom stereocenters. The third kappa shape index (κ3) is 3.48. The molecule has 0 spiro atoms. The van der Waals surface area contributed by atoms with E-state index < -0.39 is 0 Å². The van der Waals surface area contributed by atoms with E-state index in [1.165, 1.54) is 49.3 Å². The van der Waals surface area contributed by atoms with Gasteiger partial charge in [0, 0.05) is 22.6 Å². The van der Waals surface area contributed by atoms with Crippen LogP contribution in [0, 0.1) is 11.8 Å². The van der Waals surface area contributed by atoms with Gasteiger partial charge >= 0.3 is 0 Å². The van der Waals surface area contributed by atoms with Crippen LogP contribution >= 0.6 is 11.8 Å². The first kappa shape index (κ1) is 15.4. The Morgan fingerprint density at radius 3 is 2.71 bits per heavy atom. The second-order valence-corrected chi connectivity index (χ2v) is 8.02. The lowest BCUT2D eigenvalue weighted by Crippen LogP contribution is -2.43. The van der Waals surface area contributed by atoms with Gasteiger partial charge in [0.15, 0.2) is 0 Å². The second kappa shape index (κ2) is 7.19. The third-order valence-corrected chi connectivity index (χ3v) is 6.58. The van der Waals surface area contributed by atoms with Crippen LogP contribution in [0.5, 0.6) is 0 Å². The van der Waals surface area contributed by atoms with Gasteiger partial charge in [-0.15, -0.1) is 11.8 Å². The number of thioether (sulfide) groups is 1. The number of benzene rings is 1. The average Bonchev–Trinajstić information content (AvgIpc) is 2.93. The van der Waals surface area contributed by atoms with Crippen LogP contribution < -0.4 is 5.32 Å². The molecule has 0 radical (unpaired) electrons. The topological polar surface area (TPSA) is 12.0 Å². The molecule has 0 bridgehead atoms. The zero-order valence-corrected chi connectivity index (χ0v) is 14.3. The van der Waals surface area contributed by atoms with Crippen molar-refractivity contribution in [2.24, 2.45) is 11.8 Å². The molecule has 0 aromatic heterocycles. The summed E-state index contributed by atoms with van der Waals surface area (Å²) in [6, 6.07) is 9.77. The quantitative estimate of drug-likeness (QED) is 0.815. The minimum atomic E-state index is 0.689. The molecule has 1 N–H and O–H groups in total. The Kier molecular flexibility index (Phi) is 5.29. The van der Waals surface area contributed by atoms with Gasteiger partial charge in [-0.3, -0.25) is 0 Å². The van der Waals surface area contributed by atoms with Crippen molar-refractivity contribution in [2.75, 3.05) is 12.3 Å². The SMILES string of the molecule is CCCNC(C1CCC(C)CC1)C1CSc2ccccc21. The summed E-state index contributed by atoms with van der Waals surface area (Å²) >= 11 is 2.06. The first-order chi connectivity index (χ1) is 10.3. The molecule has 0 amide bonds. The van der Waals surface area contributed by atoms with Gasteiger partial charge in [-0.2, -0.15) is 0 Å². The lowest BCUT2D eigenvalue weighted by Gasteiger charge is -2.37. The van der Waals surface area contributed by atoms with Crippen molar-refractivity contribution in [3.8, 4) is 0 Å². The van der Waals surface area contributed by atoms with Crippen molar-refractivity contribution < 1.29 is 0 Å². The van der Waals surface area contributed by atoms with Crippen molar-refractivity contribution in [3.05, 3.63) is 29.8 Å². The molecule has 1 aliphatic heterocycles. The largest absolute Gasteiger partial charge is 0.313 e. The monoisotopic (exact) mass is 303 g/mol. The Hall–Kier alpha value is -0.470. The summed E-state index contributed by atoms with van der Waals surface area (Å²) in [7, 11) is 0. The number of hydrogen-bond acceptors (Lipinski definition) is 2.